The van der Waals surface area contributed by atoms with Gasteiger partial charge in [0.2, 0.25) is 5.60 Å². The largest absolute Gasteiger partial charge is 0.504 e. The van der Waals surface area contributed by atoms with Crippen LogP contribution in [-0.4, -0.2) is 62.5 Å². The molecule has 1 fully saturated rings. The first kappa shape index (κ1) is 30.4. The third-order valence-electron chi connectivity index (χ3n) is 7.17. The summed E-state index contributed by atoms with van der Waals surface area (Å²) >= 11 is 9.13. The van der Waals surface area contributed by atoms with E-state index < -0.39 is 11.6 Å². The zero-order valence-electron chi connectivity index (χ0n) is 23.0. The summed E-state index contributed by atoms with van der Waals surface area (Å²) in [5, 5.41) is 15.7. The Bertz CT molecular complexity index is 1210. The number of hydrogen-bond donors (Lipinski definition) is 1. The molecular weight excluding hydrogens is 570 g/mol. The van der Waals surface area contributed by atoms with Crippen LogP contribution < -0.4 is 9.47 Å². The summed E-state index contributed by atoms with van der Waals surface area (Å²) in [6, 6.07) is 11.2. The minimum Gasteiger partial charge on any atom is -0.504 e. The highest BCUT2D eigenvalue weighted by Crippen LogP contribution is 2.38. The topological polar surface area (TPSA) is 77.5 Å². The second-order valence-corrected chi connectivity index (χ2v) is 12.0. The highest BCUT2D eigenvalue weighted by Gasteiger charge is 2.45. The van der Waals surface area contributed by atoms with Gasteiger partial charge in [-0.1, -0.05) is 23.7 Å². The van der Waals surface area contributed by atoms with Gasteiger partial charge in [0.1, 0.15) is 17.6 Å². The highest BCUT2D eigenvalue weighted by molar-refractivity contribution is 7.12. The Labute approximate surface area is 248 Å². The van der Waals surface area contributed by atoms with Crippen LogP contribution in [0.5, 0.6) is 11.5 Å². The summed E-state index contributed by atoms with van der Waals surface area (Å²) in [5.41, 5.74) is -0.949. The molecule has 216 valence electrons. The zero-order chi connectivity index (χ0) is 28.5. The van der Waals surface area contributed by atoms with E-state index in [4.69, 9.17) is 30.5 Å². The first-order chi connectivity index (χ1) is 19.4. The minimum atomic E-state index is -1.76. The Balaban J connectivity index is 1.23. The van der Waals surface area contributed by atoms with Crippen LogP contribution in [-0.2, 0) is 19.9 Å². The Hall–Kier alpha value is -2.56. The molecule has 0 bridgehead atoms. The monoisotopic (exact) mass is 605 g/mol. The van der Waals surface area contributed by atoms with Crippen molar-refractivity contribution in [2.75, 3.05) is 34.4 Å². The van der Waals surface area contributed by atoms with E-state index in [2.05, 4.69) is 11.9 Å². The summed E-state index contributed by atoms with van der Waals surface area (Å²) < 4.78 is 22.3. The van der Waals surface area contributed by atoms with Crippen molar-refractivity contribution in [3.8, 4) is 11.5 Å². The number of halogens is 1. The average molecular weight is 606 g/mol. The number of esters is 1. The predicted molar refractivity (Wildman–Crippen MR) is 161 cm³/mol. The van der Waals surface area contributed by atoms with Gasteiger partial charge in [0.15, 0.2) is 0 Å². The van der Waals surface area contributed by atoms with Gasteiger partial charge in [0, 0.05) is 24.2 Å². The molecule has 3 aromatic rings. The van der Waals surface area contributed by atoms with Crippen molar-refractivity contribution in [1.29, 1.82) is 0 Å². The Morgan fingerprint density at radius 1 is 1.10 bits per heavy atom. The molecule has 1 aromatic carbocycles. The molecule has 1 aliphatic carbocycles. The van der Waals surface area contributed by atoms with Gasteiger partial charge >= 0.3 is 5.97 Å². The van der Waals surface area contributed by atoms with Gasteiger partial charge in [0.05, 0.1) is 41.9 Å². The minimum absolute atomic E-state index is 0.203. The molecule has 4 rings (SSSR count). The molecule has 10 heteroatoms. The summed E-state index contributed by atoms with van der Waals surface area (Å²) in [6.45, 7) is 1.40. The van der Waals surface area contributed by atoms with Crippen molar-refractivity contribution < 1.29 is 28.8 Å². The molecule has 1 saturated carbocycles. The van der Waals surface area contributed by atoms with E-state index in [-0.39, 0.29) is 6.10 Å². The lowest BCUT2D eigenvalue weighted by atomic mass is 9.91. The van der Waals surface area contributed by atoms with Gasteiger partial charge in [0.25, 0.3) is 0 Å². The van der Waals surface area contributed by atoms with Crippen LogP contribution in [0.15, 0.2) is 53.4 Å². The number of ether oxygens (including phenoxy) is 4. The van der Waals surface area contributed by atoms with Crippen molar-refractivity contribution in [2.45, 2.75) is 49.9 Å². The Morgan fingerprint density at radius 2 is 1.77 bits per heavy atom. The SMILES string of the molecule is COC=Cc1cc(Cl)c(OCCCN(C)C2CCC(OC(=O)C(O)(c3cccs3)c3cccs3)CC2)cc1OC. The number of nitrogens with zero attached hydrogens (tertiary/aromatic N) is 1. The van der Waals surface area contributed by atoms with Gasteiger partial charge in [-0.2, -0.15) is 0 Å². The van der Waals surface area contributed by atoms with Crippen LogP contribution in [0, 0.1) is 0 Å². The van der Waals surface area contributed by atoms with E-state index in [0.717, 1.165) is 44.2 Å². The molecule has 2 heterocycles. The van der Waals surface area contributed by atoms with E-state index in [1.807, 2.05) is 22.9 Å². The number of rotatable bonds is 13. The Morgan fingerprint density at radius 3 is 2.35 bits per heavy atom. The number of carbonyl (C=O) groups excluding carboxylic acids is 1. The standard InChI is InChI=1S/C30H36ClNO6S2/c1-32(14-6-15-37-26-20-25(36-3)21(13-16-35-2)19-24(26)31)22-9-11-23(12-10-22)38-29(33)30(34,27-7-4-17-39-27)28-8-5-18-40-28/h4-5,7-8,13,16-20,22-23,34H,6,9-12,14-15H2,1-3H3. The van der Waals surface area contributed by atoms with Gasteiger partial charge in [-0.25, -0.2) is 4.79 Å². The smallest absolute Gasteiger partial charge is 0.349 e. The maximum absolute atomic E-state index is 13.3. The van der Waals surface area contributed by atoms with Crippen LogP contribution in [0.3, 0.4) is 0 Å². The number of hydrogen-bond acceptors (Lipinski definition) is 9. The average Bonchev–Trinajstić information content (AvgIpc) is 3.70. The quantitative estimate of drug-likeness (QED) is 0.134. The molecule has 0 radical (unpaired) electrons. The second kappa shape index (κ2) is 14.4. The summed E-state index contributed by atoms with van der Waals surface area (Å²) in [6.07, 6.45) is 7.36. The lowest BCUT2D eigenvalue weighted by Gasteiger charge is -2.35. The molecular formula is C30H36ClNO6S2. The molecule has 1 aliphatic rings. The molecule has 2 aromatic heterocycles. The van der Waals surface area contributed by atoms with E-state index in [1.165, 1.54) is 22.7 Å². The van der Waals surface area contributed by atoms with Crippen molar-refractivity contribution in [3.05, 3.63) is 73.8 Å². The number of benzene rings is 1. The van der Waals surface area contributed by atoms with Gasteiger partial charge < -0.3 is 29.0 Å². The van der Waals surface area contributed by atoms with Crippen LogP contribution in [0.2, 0.25) is 5.02 Å². The fraction of sp³-hybridized carbons (Fsp3) is 0.433. The van der Waals surface area contributed by atoms with E-state index in [0.29, 0.717) is 38.9 Å². The van der Waals surface area contributed by atoms with Crippen LogP contribution in [0.4, 0.5) is 0 Å². The fourth-order valence-corrected chi connectivity index (χ4v) is 6.86. The molecule has 7 nitrogen and oxygen atoms in total. The first-order valence-electron chi connectivity index (χ1n) is 13.3. The third kappa shape index (κ3) is 7.19. The van der Waals surface area contributed by atoms with Crippen molar-refractivity contribution in [3.63, 3.8) is 0 Å². The van der Waals surface area contributed by atoms with Crippen LogP contribution >= 0.6 is 34.3 Å². The lowest BCUT2D eigenvalue weighted by Crippen LogP contribution is -2.42. The van der Waals surface area contributed by atoms with Gasteiger partial charge in [-0.15, -0.1) is 22.7 Å². The first-order valence-corrected chi connectivity index (χ1v) is 15.4. The Kier molecular flexibility index (Phi) is 10.9. The normalized spacial score (nSPS) is 17.8. The molecule has 0 atom stereocenters. The summed E-state index contributed by atoms with van der Waals surface area (Å²) in [7, 11) is 5.31. The van der Waals surface area contributed by atoms with Crippen molar-refractivity contribution in [2.24, 2.45) is 0 Å². The van der Waals surface area contributed by atoms with E-state index >= 15 is 0 Å². The van der Waals surface area contributed by atoms with Gasteiger partial charge in [-0.05, 0) is 74.2 Å². The highest BCUT2D eigenvalue weighted by atomic mass is 35.5. The lowest BCUT2D eigenvalue weighted by molar-refractivity contribution is -0.169. The molecule has 1 N–H and O–H groups in total. The molecule has 40 heavy (non-hydrogen) atoms. The van der Waals surface area contributed by atoms with Gasteiger partial charge in [-0.3, -0.25) is 0 Å². The maximum Gasteiger partial charge on any atom is 0.349 e. The molecule has 0 aliphatic heterocycles. The molecule has 0 amide bonds. The number of thiophene rings is 2. The van der Waals surface area contributed by atoms with Crippen molar-refractivity contribution in [1.82, 2.24) is 4.90 Å². The van der Waals surface area contributed by atoms with E-state index in [1.54, 1.807) is 50.8 Å². The predicted octanol–water partition coefficient (Wildman–Crippen LogP) is 6.58. The van der Waals surface area contributed by atoms with Crippen LogP contribution in [0.1, 0.15) is 47.4 Å². The summed E-state index contributed by atoms with van der Waals surface area (Å²) in [5.74, 6) is 0.652. The number of aliphatic hydroxyl groups is 1. The molecule has 0 unspecified atom stereocenters. The van der Waals surface area contributed by atoms with Crippen molar-refractivity contribution >= 4 is 46.3 Å². The molecule has 0 saturated heterocycles. The number of methoxy groups -OCH3 is 2. The number of carbonyl (C=O) groups is 1. The zero-order valence-corrected chi connectivity index (χ0v) is 25.4. The van der Waals surface area contributed by atoms with Crippen LogP contribution in [0.25, 0.3) is 6.08 Å². The third-order valence-corrected chi connectivity index (χ3v) is 9.43. The fourth-order valence-electron chi connectivity index (χ4n) is 4.92. The summed E-state index contributed by atoms with van der Waals surface area (Å²) in [4.78, 5) is 16.8. The van der Waals surface area contributed by atoms with E-state index in [9.17, 15) is 9.90 Å². The maximum atomic E-state index is 13.3. The second-order valence-electron chi connectivity index (χ2n) is 9.75. The molecule has 0 spiro atoms.